The molecule has 2 heterocycles. The van der Waals surface area contributed by atoms with Crippen molar-refractivity contribution in [3.8, 4) is 5.88 Å². The molecule has 0 spiro atoms. The summed E-state index contributed by atoms with van der Waals surface area (Å²) in [6, 6.07) is 2.52. The third-order valence-corrected chi connectivity index (χ3v) is 3.49. The zero-order chi connectivity index (χ0) is 16.9. The molecule has 1 aliphatic heterocycles. The van der Waals surface area contributed by atoms with Gasteiger partial charge in [-0.1, -0.05) is 0 Å². The summed E-state index contributed by atoms with van der Waals surface area (Å²) < 4.78 is 44.6. The number of aliphatic hydroxyl groups excluding tert-OH is 1. The number of halogens is 3. The number of ether oxygens (including phenoxy) is 1. The van der Waals surface area contributed by atoms with Gasteiger partial charge in [-0.2, -0.15) is 13.2 Å². The normalized spacial score (nSPS) is 18.0. The van der Waals surface area contributed by atoms with Gasteiger partial charge in [0.05, 0.1) is 6.10 Å². The first-order chi connectivity index (χ1) is 10.8. The van der Waals surface area contributed by atoms with Gasteiger partial charge in [0.15, 0.2) is 0 Å². The molecule has 0 unspecified atom stereocenters. The molecular weight excluding hydrogens is 311 g/mol. The number of nitrogens with zero attached hydrogens (tertiary/aromatic N) is 1. The van der Waals surface area contributed by atoms with Crippen LogP contribution >= 0.6 is 0 Å². The van der Waals surface area contributed by atoms with Gasteiger partial charge in [0.2, 0.25) is 5.88 Å². The highest BCUT2D eigenvalue weighted by atomic mass is 19.4. The van der Waals surface area contributed by atoms with Crippen molar-refractivity contribution in [3.05, 3.63) is 23.4 Å². The summed E-state index contributed by atoms with van der Waals surface area (Å²) in [5.74, 6) is 0.000530. The van der Waals surface area contributed by atoms with E-state index in [2.05, 4.69) is 15.6 Å². The fraction of sp³-hybridized carbons (Fsp3) is 0.667. The highest BCUT2D eigenvalue weighted by Gasteiger charge is 2.33. The summed E-state index contributed by atoms with van der Waals surface area (Å²) in [4.78, 5) is 3.60. The highest BCUT2D eigenvalue weighted by molar-refractivity contribution is 5.27. The molecule has 1 saturated heterocycles. The molecule has 0 aliphatic carbocycles. The van der Waals surface area contributed by atoms with Gasteiger partial charge >= 0.3 is 6.18 Å². The molecule has 1 fully saturated rings. The van der Waals surface area contributed by atoms with E-state index < -0.39 is 18.0 Å². The summed E-state index contributed by atoms with van der Waals surface area (Å²) in [6.07, 6.45) is -3.72. The molecular formula is C15H22F3N3O2. The van der Waals surface area contributed by atoms with Gasteiger partial charge in [-0.25, -0.2) is 4.98 Å². The summed E-state index contributed by atoms with van der Waals surface area (Å²) >= 11 is 0. The third kappa shape index (κ3) is 5.96. The average molecular weight is 333 g/mol. The molecule has 0 bridgehead atoms. The Hall–Kier alpha value is -1.38. The van der Waals surface area contributed by atoms with E-state index in [-0.39, 0.29) is 18.5 Å². The van der Waals surface area contributed by atoms with E-state index in [0.717, 1.165) is 32.0 Å². The maximum atomic E-state index is 13.0. The minimum Gasteiger partial charge on any atom is -0.474 e. The SMILES string of the molecule is C[C@H](O)CNCc1cc(OC2CCNCC2)nc(C(F)(F)F)c1. The van der Waals surface area contributed by atoms with Crippen molar-refractivity contribution in [2.75, 3.05) is 19.6 Å². The van der Waals surface area contributed by atoms with E-state index in [9.17, 15) is 18.3 Å². The first-order valence-electron chi connectivity index (χ1n) is 7.69. The van der Waals surface area contributed by atoms with Crippen molar-refractivity contribution in [3.63, 3.8) is 0 Å². The lowest BCUT2D eigenvalue weighted by Gasteiger charge is -2.24. The number of hydrogen-bond acceptors (Lipinski definition) is 5. The second-order valence-electron chi connectivity index (χ2n) is 5.74. The topological polar surface area (TPSA) is 66.4 Å². The van der Waals surface area contributed by atoms with Gasteiger partial charge in [-0.05, 0) is 44.5 Å². The van der Waals surface area contributed by atoms with Crippen molar-refractivity contribution in [1.29, 1.82) is 0 Å². The Morgan fingerprint density at radius 1 is 1.39 bits per heavy atom. The van der Waals surface area contributed by atoms with E-state index in [0.29, 0.717) is 12.1 Å². The quantitative estimate of drug-likeness (QED) is 0.739. The molecule has 130 valence electrons. The minimum atomic E-state index is -4.52. The van der Waals surface area contributed by atoms with Crippen LogP contribution in [0.3, 0.4) is 0 Å². The lowest BCUT2D eigenvalue weighted by molar-refractivity contribution is -0.141. The third-order valence-electron chi connectivity index (χ3n) is 3.49. The first-order valence-corrected chi connectivity index (χ1v) is 7.69. The van der Waals surface area contributed by atoms with Crippen LogP contribution in [0.5, 0.6) is 5.88 Å². The van der Waals surface area contributed by atoms with E-state index in [4.69, 9.17) is 4.74 Å². The predicted molar refractivity (Wildman–Crippen MR) is 79.1 cm³/mol. The van der Waals surface area contributed by atoms with Gasteiger partial charge in [-0.15, -0.1) is 0 Å². The minimum absolute atomic E-state index is 0.000530. The number of piperidine rings is 1. The van der Waals surface area contributed by atoms with Crippen molar-refractivity contribution in [1.82, 2.24) is 15.6 Å². The van der Waals surface area contributed by atoms with Crippen LogP contribution in [-0.4, -0.2) is 41.9 Å². The highest BCUT2D eigenvalue weighted by Crippen LogP contribution is 2.30. The molecule has 1 aliphatic rings. The van der Waals surface area contributed by atoms with Gasteiger partial charge < -0.3 is 20.5 Å². The maximum Gasteiger partial charge on any atom is 0.433 e. The molecule has 1 aromatic rings. The van der Waals surface area contributed by atoms with Gasteiger partial charge in [-0.3, -0.25) is 0 Å². The second-order valence-corrected chi connectivity index (χ2v) is 5.74. The molecule has 2 rings (SSSR count). The Balaban J connectivity index is 2.12. The Labute approximate surface area is 133 Å². The van der Waals surface area contributed by atoms with E-state index in [1.807, 2.05) is 0 Å². The number of rotatable bonds is 6. The molecule has 0 amide bonds. The van der Waals surface area contributed by atoms with Crippen molar-refractivity contribution >= 4 is 0 Å². The van der Waals surface area contributed by atoms with Crippen LogP contribution in [0.4, 0.5) is 13.2 Å². The number of alkyl halides is 3. The standard InChI is InChI=1S/C15H22F3N3O2/c1-10(22)8-20-9-11-6-13(15(16,17)18)21-14(7-11)23-12-2-4-19-5-3-12/h6-7,10,12,19-20,22H,2-5,8-9H2,1H3/t10-/m0/s1. The monoisotopic (exact) mass is 333 g/mol. The van der Waals surface area contributed by atoms with Crippen LogP contribution in [0.25, 0.3) is 0 Å². The van der Waals surface area contributed by atoms with E-state index in [1.165, 1.54) is 6.07 Å². The number of aromatic nitrogens is 1. The summed E-state index contributed by atoms with van der Waals surface area (Å²) in [6.45, 7) is 3.68. The molecule has 5 nitrogen and oxygen atoms in total. The molecule has 1 atom stereocenters. The zero-order valence-electron chi connectivity index (χ0n) is 13.0. The summed E-state index contributed by atoms with van der Waals surface area (Å²) in [7, 11) is 0. The average Bonchev–Trinajstić information content (AvgIpc) is 2.47. The second kappa shape index (κ2) is 7.94. The van der Waals surface area contributed by atoms with Gasteiger partial charge in [0.25, 0.3) is 0 Å². The van der Waals surface area contributed by atoms with Gasteiger partial charge in [0, 0.05) is 19.2 Å². The maximum absolute atomic E-state index is 13.0. The Morgan fingerprint density at radius 2 is 2.09 bits per heavy atom. The van der Waals surface area contributed by atoms with Gasteiger partial charge in [0.1, 0.15) is 11.8 Å². The van der Waals surface area contributed by atoms with Crippen molar-refractivity contribution in [2.45, 2.75) is 44.7 Å². The largest absolute Gasteiger partial charge is 0.474 e. The lowest BCUT2D eigenvalue weighted by Crippen LogP contribution is -2.34. The summed E-state index contributed by atoms with van der Waals surface area (Å²) in [5.41, 5.74) is -0.533. The molecule has 0 aromatic carbocycles. The fourth-order valence-corrected chi connectivity index (χ4v) is 2.38. The van der Waals surface area contributed by atoms with Crippen molar-refractivity contribution < 1.29 is 23.0 Å². The van der Waals surface area contributed by atoms with Crippen LogP contribution in [0.2, 0.25) is 0 Å². The van der Waals surface area contributed by atoms with Crippen molar-refractivity contribution in [2.24, 2.45) is 0 Å². The Kier molecular flexibility index (Phi) is 6.20. The molecule has 23 heavy (non-hydrogen) atoms. The zero-order valence-corrected chi connectivity index (χ0v) is 13.0. The Bertz CT molecular complexity index is 503. The van der Waals surface area contributed by atoms with Crippen LogP contribution in [0, 0.1) is 0 Å². The first kappa shape index (κ1) is 18.0. The molecule has 0 saturated carbocycles. The fourth-order valence-electron chi connectivity index (χ4n) is 2.38. The predicted octanol–water partition coefficient (Wildman–Crippen LogP) is 1.70. The Morgan fingerprint density at radius 3 is 2.70 bits per heavy atom. The molecule has 0 radical (unpaired) electrons. The number of hydrogen-bond donors (Lipinski definition) is 3. The molecule has 8 heteroatoms. The van der Waals surface area contributed by atoms with Crippen LogP contribution in [0.15, 0.2) is 12.1 Å². The summed E-state index contributed by atoms with van der Waals surface area (Å²) in [5, 5.41) is 15.3. The number of nitrogens with one attached hydrogen (secondary N) is 2. The lowest BCUT2D eigenvalue weighted by atomic mass is 10.1. The number of aliphatic hydroxyl groups is 1. The molecule has 1 aromatic heterocycles. The van der Waals surface area contributed by atoms with Crippen LogP contribution in [0.1, 0.15) is 31.0 Å². The van der Waals surface area contributed by atoms with E-state index in [1.54, 1.807) is 6.92 Å². The molecule has 3 N–H and O–H groups in total. The van der Waals surface area contributed by atoms with Crippen LogP contribution < -0.4 is 15.4 Å². The smallest absolute Gasteiger partial charge is 0.433 e. The van der Waals surface area contributed by atoms with Crippen LogP contribution in [-0.2, 0) is 12.7 Å². The van der Waals surface area contributed by atoms with E-state index >= 15 is 0 Å². The number of pyridine rings is 1.